The number of aliphatic carboxylic acids is 1. The van der Waals surface area contributed by atoms with E-state index < -0.39 is 12.0 Å². The van der Waals surface area contributed by atoms with Crippen molar-refractivity contribution in [2.45, 2.75) is 45.3 Å². The molecule has 0 radical (unpaired) electrons. The van der Waals surface area contributed by atoms with Crippen LogP contribution in [0.2, 0.25) is 0 Å². The fourth-order valence-electron chi connectivity index (χ4n) is 4.02. The first-order chi connectivity index (χ1) is 11.4. The molecule has 1 aromatic carbocycles. The molecule has 1 amide bonds. The van der Waals surface area contributed by atoms with E-state index in [0.717, 1.165) is 23.7 Å². The van der Waals surface area contributed by atoms with Gasteiger partial charge in [-0.3, -0.25) is 4.79 Å². The number of hydrogen-bond acceptors (Lipinski definition) is 3. The van der Waals surface area contributed by atoms with E-state index in [0.29, 0.717) is 23.8 Å². The Morgan fingerprint density at radius 2 is 2.04 bits per heavy atom. The molecule has 3 rings (SSSR count). The first kappa shape index (κ1) is 17.3. The predicted octanol–water partition coefficient (Wildman–Crippen LogP) is 3.56. The molecule has 1 saturated carbocycles. The maximum Gasteiger partial charge on any atom is 0.326 e. The summed E-state index contributed by atoms with van der Waals surface area (Å²) < 4.78 is 6.43. The van der Waals surface area contributed by atoms with Crippen molar-refractivity contribution in [1.82, 2.24) is 4.90 Å². The second-order valence-corrected chi connectivity index (χ2v) is 7.85. The Morgan fingerprint density at radius 1 is 1.29 bits per heavy atom. The van der Waals surface area contributed by atoms with E-state index in [9.17, 15) is 14.7 Å². The molecule has 1 heterocycles. The second-order valence-electron chi connectivity index (χ2n) is 6.94. The number of halogens is 1. The van der Waals surface area contributed by atoms with Crippen LogP contribution in [0.15, 0.2) is 22.7 Å². The summed E-state index contributed by atoms with van der Waals surface area (Å²) in [7, 11) is 0. The van der Waals surface area contributed by atoms with Crippen LogP contribution in [0.5, 0.6) is 5.75 Å². The maximum atomic E-state index is 13.0. The van der Waals surface area contributed by atoms with E-state index in [1.807, 2.05) is 19.9 Å². The molecule has 6 heteroatoms. The molecule has 1 N–H and O–H groups in total. The number of fused-ring (bicyclic) bond motifs is 1. The third-order valence-corrected chi connectivity index (χ3v) is 5.35. The summed E-state index contributed by atoms with van der Waals surface area (Å²) in [6.07, 6.45) is 2.97. The van der Waals surface area contributed by atoms with Crippen molar-refractivity contribution in [2.75, 3.05) is 6.54 Å². The lowest BCUT2D eigenvalue weighted by Crippen LogP contribution is -2.43. The van der Waals surface area contributed by atoms with E-state index in [1.165, 1.54) is 4.90 Å². The molecule has 5 nitrogen and oxygen atoms in total. The molecule has 0 bridgehead atoms. The van der Waals surface area contributed by atoms with Crippen molar-refractivity contribution in [3.63, 3.8) is 0 Å². The largest absolute Gasteiger partial charge is 0.491 e. The molecule has 0 spiro atoms. The van der Waals surface area contributed by atoms with Crippen molar-refractivity contribution < 1.29 is 19.4 Å². The number of carboxylic acid groups (broad SMARTS) is 1. The highest BCUT2D eigenvalue weighted by molar-refractivity contribution is 9.10. The minimum absolute atomic E-state index is 0.000151. The van der Waals surface area contributed by atoms with Gasteiger partial charge in [-0.15, -0.1) is 0 Å². The smallest absolute Gasteiger partial charge is 0.326 e. The number of likely N-dealkylation sites (tertiary alicyclic amines) is 1. The molecule has 0 aromatic heterocycles. The van der Waals surface area contributed by atoms with Gasteiger partial charge in [0, 0.05) is 16.6 Å². The number of ether oxygens (including phenoxy) is 1. The minimum Gasteiger partial charge on any atom is -0.491 e. The second kappa shape index (κ2) is 6.75. The van der Waals surface area contributed by atoms with Crippen molar-refractivity contribution >= 4 is 27.8 Å². The third kappa shape index (κ3) is 3.29. The van der Waals surface area contributed by atoms with Gasteiger partial charge in [0.25, 0.3) is 5.91 Å². The van der Waals surface area contributed by atoms with Gasteiger partial charge in [-0.05, 0) is 56.7 Å². The molecular formula is C18H22BrNO4. The monoisotopic (exact) mass is 395 g/mol. The molecule has 24 heavy (non-hydrogen) atoms. The van der Waals surface area contributed by atoms with E-state index >= 15 is 0 Å². The predicted molar refractivity (Wildman–Crippen MR) is 93.2 cm³/mol. The summed E-state index contributed by atoms with van der Waals surface area (Å²) in [6, 6.07) is 4.52. The topological polar surface area (TPSA) is 66.8 Å². The summed E-state index contributed by atoms with van der Waals surface area (Å²) in [5, 5.41) is 9.63. The van der Waals surface area contributed by atoms with E-state index in [-0.39, 0.29) is 17.9 Å². The average molecular weight is 396 g/mol. The minimum atomic E-state index is -0.897. The van der Waals surface area contributed by atoms with Crippen LogP contribution >= 0.6 is 15.9 Å². The van der Waals surface area contributed by atoms with Crippen molar-refractivity contribution in [1.29, 1.82) is 0 Å². The summed E-state index contributed by atoms with van der Waals surface area (Å²) in [4.78, 5) is 26.3. The number of benzene rings is 1. The van der Waals surface area contributed by atoms with Crippen LogP contribution in [0.1, 0.15) is 43.5 Å². The molecule has 1 saturated heterocycles. The highest BCUT2D eigenvalue weighted by Gasteiger charge is 2.49. The van der Waals surface area contributed by atoms with Crippen molar-refractivity contribution in [3.8, 4) is 5.75 Å². The summed E-state index contributed by atoms with van der Waals surface area (Å²) in [5.74, 6) is -0.120. The molecule has 130 valence electrons. The fraction of sp³-hybridized carbons (Fsp3) is 0.556. The number of carbonyl (C=O) groups excluding carboxylic acids is 1. The highest BCUT2D eigenvalue weighted by atomic mass is 79.9. The van der Waals surface area contributed by atoms with E-state index in [1.54, 1.807) is 12.1 Å². The van der Waals surface area contributed by atoms with Gasteiger partial charge in [0.2, 0.25) is 0 Å². The molecule has 2 fully saturated rings. The molecule has 2 aliphatic rings. The van der Waals surface area contributed by atoms with E-state index in [4.69, 9.17) is 4.74 Å². The number of rotatable bonds is 4. The standard InChI is InChI=1S/C18H22BrNO4/c1-10(2)24-14-7-12(6-13(19)8-14)17(21)20-9-11-4-3-5-15(11)16(20)18(22)23/h6-8,10-11,15-16H,3-5,9H2,1-2H3,(H,22,23). The van der Waals surface area contributed by atoms with Crippen LogP contribution in [0, 0.1) is 11.8 Å². The highest BCUT2D eigenvalue weighted by Crippen LogP contribution is 2.43. The van der Waals surface area contributed by atoms with Gasteiger partial charge in [0.1, 0.15) is 11.8 Å². The SMILES string of the molecule is CC(C)Oc1cc(Br)cc(C(=O)N2CC3CCCC3C2C(=O)O)c1. The number of nitrogens with zero attached hydrogens (tertiary/aromatic N) is 1. The Morgan fingerprint density at radius 3 is 2.71 bits per heavy atom. The summed E-state index contributed by atoms with van der Waals surface area (Å²) in [5.41, 5.74) is 0.464. The quantitative estimate of drug-likeness (QED) is 0.845. The van der Waals surface area contributed by atoms with Crippen LogP contribution in [0.25, 0.3) is 0 Å². The molecule has 1 aromatic rings. The summed E-state index contributed by atoms with van der Waals surface area (Å²) in [6.45, 7) is 4.38. The van der Waals surface area contributed by atoms with Crippen molar-refractivity contribution in [2.24, 2.45) is 11.8 Å². The molecule has 3 unspecified atom stereocenters. The van der Waals surface area contributed by atoms with Gasteiger partial charge < -0.3 is 14.7 Å². The van der Waals surface area contributed by atoms with Crippen LogP contribution in [-0.4, -0.2) is 40.6 Å². The Balaban J connectivity index is 1.88. The van der Waals surface area contributed by atoms with Crippen LogP contribution in [0.4, 0.5) is 0 Å². The Labute approximate surface area is 150 Å². The third-order valence-electron chi connectivity index (χ3n) is 4.89. The zero-order chi connectivity index (χ0) is 17.4. The lowest BCUT2D eigenvalue weighted by molar-refractivity contribution is -0.142. The fourth-order valence-corrected chi connectivity index (χ4v) is 4.50. The zero-order valence-electron chi connectivity index (χ0n) is 13.9. The number of hydrogen-bond donors (Lipinski definition) is 1. The molecule has 3 atom stereocenters. The van der Waals surface area contributed by atoms with Gasteiger partial charge in [-0.25, -0.2) is 4.79 Å². The van der Waals surface area contributed by atoms with Gasteiger partial charge >= 0.3 is 5.97 Å². The van der Waals surface area contributed by atoms with E-state index in [2.05, 4.69) is 15.9 Å². The van der Waals surface area contributed by atoms with Crippen LogP contribution in [0.3, 0.4) is 0 Å². The number of amides is 1. The lowest BCUT2D eigenvalue weighted by Gasteiger charge is -2.25. The molecule has 1 aliphatic carbocycles. The summed E-state index contributed by atoms with van der Waals surface area (Å²) >= 11 is 3.41. The van der Waals surface area contributed by atoms with Crippen LogP contribution < -0.4 is 4.74 Å². The Kier molecular flexibility index (Phi) is 4.85. The lowest BCUT2D eigenvalue weighted by atomic mass is 9.94. The average Bonchev–Trinajstić information content (AvgIpc) is 3.04. The molecule has 1 aliphatic heterocycles. The van der Waals surface area contributed by atoms with Gasteiger partial charge in [0.05, 0.1) is 6.10 Å². The van der Waals surface area contributed by atoms with Crippen LogP contribution in [-0.2, 0) is 4.79 Å². The first-order valence-electron chi connectivity index (χ1n) is 8.38. The normalized spacial score (nSPS) is 25.8. The number of carbonyl (C=O) groups is 2. The zero-order valence-corrected chi connectivity index (χ0v) is 15.5. The van der Waals surface area contributed by atoms with Crippen molar-refractivity contribution in [3.05, 3.63) is 28.2 Å². The van der Waals surface area contributed by atoms with Gasteiger partial charge in [-0.2, -0.15) is 0 Å². The van der Waals surface area contributed by atoms with Gasteiger partial charge in [-0.1, -0.05) is 22.4 Å². The first-order valence-corrected chi connectivity index (χ1v) is 9.17. The Hall–Kier alpha value is -1.56. The Bertz CT molecular complexity index is 660. The number of carboxylic acids is 1. The maximum absolute atomic E-state index is 13.0. The van der Waals surface area contributed by atoms with Gasteiger partial charge in [0.15, 0.2) is 0 Å². The molecular weight excluding hydrogens is 374 g/mol.